The van der Waals surface area contributed by atoms with Crippen molar-refractivity contribution in [2.24, 2.45) is 0 Å². The summed E-state index contributed by atoms with van der Waals surface area (Å²) in [7, 11) is 0. The van der Waals surface area contributed by atoms with Crippen LogP contribution in [0, 0.1) is 6.92 Å². The van der Waals surface area contributed by atoms with Gasteiger partial charge in [0.15, 0.2) is 5.82 Å². The standard InChI is InChI=1S/C21H22N4O2/c1-14-9-10-16(13-17(14)22-21(26)18-8-5-11-27-18)20-23-19(24-25-20)12-15-6-3-2-4-7-15/h2-4,6-7,9-10,13,18H,5,8,11-12H2,1H3,(H,22,26)(H,23,24,25). The SMILES string of the molecule is Cc1ccc(-c2n[nH]c(Cc3ccccc3)n2)cc1NC(=O)C1CCCO1. The largest absolute Gasteiger partial charge is 0.368 e. The van der Waals surface area contributed by atoms with Crippen LogP contribution in [-0.4, -0.2) is 33.8 Å². The van der Waals surface area contributed by atoms with E-state index in [1.165, 1.54) is 5.56 Å². The number of nitrogens with zero attached hydrogens (tertiary/aromatic N) is 2. The summed E-state index contributed by atoms with van der Waals surface area (Å²) in [5, 5.41) is 10.3. The second-order valence-corrected chi connectivity index (χ2v) is 6.79. The fourth-order valence-corrected chi connectivity index (χ4v) is 3.19. The molecule has 2 heterocycles. The van der Waals surface area contributed by atoms with Crippen molar-refractivity contribution in [2.75, 3.05) is 11.9 Å². The Morgan fingerprint density at radius 1 is 1.26 bits per heavy atom. The summed E-state index contributed by atoms with van der Waals surface area (Å²) in [4.78, 5) is 16.9. The summed E-state index contributed by atoms with van der Waals surface area (Å²) < 4.78 is 5.46. The lowest BCUT2D eigenvalue weighted by atomic mass is 10.1. The molecule has 0 aliphatic carbocycles. The lowest BCUT2D eigenvalue weighted by Gasteiger charge is -2.13. The molecule has 0 bridgehead atoms. The molecule has 1 unspecified atom stereocenters. The van der Waals surface area contributed by atoms with Crippen LogP contribution in [0.2, 0.25) is 0 Å². The van der Waals surface area contributed by atoms with Crippen molar-refractivity contribution >= 4 is 11.6 Å². The third-order valence-electron chi connectivity index (χ3n) is 4.72. The maximum Gasteiger partial charge on any atom is 0.253 e. The van der Waals surface area contributed by atoms with E-state index in [0.717, 1.165) is 35.5 Å². The van der Waals surface area contributed by atoms with E-state index in [-0.39, 0.29) is 12.0 Å². The molecule has 2 N–H and O–H groups in total. The number of amides is 1. The van der Waals surface area contributed by atoms with E-state index < -0.39 is 0 Å². The van der Waals surface area contributed by atoms with Gasteiger partial charge in [-0.3, -0.25) is 9.89 Å². The smallest absolute Gasteiger partial charge is 0.253 e. The molecule has 0 saturated carbocycles. The third-order valence-corrected chi connectivity index (χ3v) is 4.72. The van der Waals surface area contributed by atoms with Crippen LogP contribution in [0.15, 0.2) is 48.5 Å². The minimum atomic E-state index is -0.353. The topological polar surface area (TPSA) is 79.9 Å². The van der Waals surface area contributed by atoms with E-state index in [1.54, 1.807) is 0 Å². The average Bonchev–Trinajstić information content (AvgIpc) is 3.36. The molecule has 1 aliphatic heterocycles. The third kappa shape index (κ3) is 4.06. The molecular formula is C21H22N4O2. The van der Waals surface area contributed by atoms with Crippen molar-refractivity contribution in [1.82, 2.24) is 15.2 Å². The van der Waals surface area contributed by atoms with Crippen molar-refractivity contribution in [3.05, 3.63) is 65.5 Å². The summed E-state index contributed by atoms with van der Waals surface area (Å²) in [5.74, 6) is 1.34. The van der Waals surface area contributed by atoms with Crippen LogP contribution in [0.4, 0.5) is 5.69 Å². The highest BCUT2D eigenvalue weighted by Gasteiger charge is 2.24. The number of anilines is 1. The first kappa shape index (κ1) is 17.4. The Bertz CT molecular complexity index is 930. The van der Waals surface area contributed by atoms with Crippen LogP contribution in [0.25, 0.3) is 11.4 Å². The van der Waals surface area contributed by atoms with Crippen LogP contribution < -0.4 is 5.32 Å². The lowest BCUT2D eigenvalue weighted by Crippen LogP contribution is -2.27. The van der Waals surface area contributed by atoms with Gasteiger partial charge in [0.25, 0.3) is 5.91 Å². The molecule has 27 heavy (non-hydrogen) atoms. The Hall–Kier alpha value is -2.99. The lowest BCUT2D eigenvalue weighted by molar-refractivity contribution is -0.124. The number of benzene rings is 2. The average molecular weight is 362 g/mol. The van der Waals surface area contributed by atoms with Crippen molar-refractivity contribution in [3.8, 4) is 11.4 Å². The molecule has 1 amide bonds. The van der Waals surface area contributed by atoms with Gasteiger partial charge in [-0.15, -0.1) is 0 Å². The predicted molar refractivity (Wildman–Crippen MR) is 103 cm³/mol. The van der Waals surface area contributed by atoms with E-state index in [0.29, 0.717) is 18.9 Å². The molecule has 3 aromatic rings. The maximum absolute atomic E-state index is 12.3. The van der Waals surface area contributed by atoms with Crippen molar-refractivity contribution in [2.45, 2.75) is 32.3 Å². The van der Waals surface area contributed by atoms with Gasteiger partial charge in [0.05, 0.1) is 0 Å². The number of nitrogens with one attached hydrogen (secondary N) is 2. The molecule has 6 nitrogen and oxygen atoms in total. The maximum atomic E-state index is 12.3. The molecule has 2 aromatic carbocycles. The number of rotatable bonds is 5. The minimum absolute atomic E-state index is 0.0903. The summed E-state index contributed by atoms with van der Waals surface area (Å²) in [6.45, 7) is 2.62. The van der Waals surface area contributed by atoms with E-state index in [4.69, 9.17) is 4.74 Å². The normalized spacial score (nSPS) is 16.4. The van der Waals surface area contributed by atoms with E-state index in [9.17, 15) is 4.79 Å². The fourth-order valence-electron chi connectivity index (χ4n) is 3.19. The second kappa shape index (κ2) is 7.72. The van der Waals surface area contributed by atoms with Gasteiger partial charge in [-0.1, -0.05) is 42.5 Å². The van der Waals surface area contributed by atoms with E-state index >= 15 is 0 Å². The van der Waals surface area contributed by atoms with Gasteiger partial charge in [-0.2, -0.15) is 5.10 Å². The Morgan fingerprint density at radius 2 is 2.11 bits per heavy atom. The molecular weight excluding hydrogens is 340 g/mol. The van der Waals surface area contributed by atoms with E-state index in [2.05, 4.69) is 32.6 Å². The van der Waals surface area contributed by atoms with Crippen molar-refractivity contribution < 1.29 is 9.53 Å². The van der Waals surface area contributed by atoms with Crippen LogP contribution in [0.1, 0.15) is 29.8 Å². The molecule has 1 aromatic heterocycles. The minimum Gasteiger partial charge on any atom is -0.368 e. The molecule has 1 fully saturated rings. The molecule has 0 radical (unpaired) electrons. The van der Waals surface area contributed by atoms with Gasteiger partial charge in [0.2, 0.25) is 0 Å². The monoisotopic (exact) mass is 362 g/mol. The molecule has 1 saturated heterocycles. The first-order valence-electron chi connectivity index (χ1n) is 9.18. The summed E-state index contributed by atoms with van der Waals surface area (Å²) in [6.07, 6.45) is 2.05. The second-order valence-electron chi connectivity index (χ2n) is 6.79. The first-order valence-corrected chi connectivity index (χ1v) is 9.18. The number of aromatic nitrogens is 3. The highest BCUT2D eigenvalue weighted by atomic mass is 16.5. The van der Waals surface area contributed by atoms with Gasteiger partial charge in [0.1, 0.15) is 11.9 Å². The van der Waals surface area contributed by atoms with Gasteiger partial charge in [0, 0.05) is 24.3 Å². The number of aromatic amines is 1. The quantitative estimate of drug-likeness (QED) is 0.728. The summed E-state index contributed by atoms with van der Waals surface area (Å²) in [5.41, 5.74) is 3.79. The number of hydrogen-bond donors (Lipinski definition) is 2. The molecule has 1 atom stereocenters. The summed E-state index contributed by atoms with van der Waals surface area (Å²) in [6, 6.07) is 16.0. The number of ether oxygens (including phenoxy) is 1. The highest BCUT2D eigenvalue weighted by Crippen LogP contribution is 2.24. The Labute approximate surface area is 158 Å². The van der Waals surface area contributed by atoms with Crippen LogP contribution in [0.5, 0.6) is 0 Å². The van der Waals surface area contributed by atoms with Gasteiger partial charge < -0.3 is 10.1 Å². The van der Waals surface area contributed by atoms with Gasteiger partial charge >= 0.3 is 0 Å². The van der Waals surface area contributed by atoms with Crippen LogP contribution in [-0.2, 0) is 16.0 Å². The first-order chi connectivity index (χ1) is 13.2. The Kier molecular flexibility index (Phi) is 4.98. The molecule has 4 rings (SSSR count). The zero-order valence-electron chi connectivity index (χ0n) is 15.2. The predicted octanol–water partition coefficient (Wildman–Crippen LogP) is 3.49. The van der Waals surface area contributed by atoms with Gasteiger partial charge in [-0.25, -0.2) is 4.98 Å². The fraction of sp³-hybridized carbons (Fsp3) is 0.286. The number of carbonyl (C=O) groups is 1. The van der Waals surface area contributed by atoms with Crippen LogP contribution >= 0.6 is 0 Å². The molecule has 1 aliphatic rings. The summed E-state index contributed by atoms with van der Waals surface area (Å²) >= 11 is 0. The molecule has 138 valence electrons. The zero-order chi connectivity index (χ0) is 18.6. The molecule has 0 spiro atoms. The van der Waals surface area contributed by atoms with Crippen molar-refractivity contribution in [3.63, 3.8) is 0 Å². The Morgan fingerprint density at radius 3 is 2.89 bits per heavy atom. The number of hydrogen-bond acceptors (Lipinski definition) is 4. The molecule has 6 heteroatoms. The zero-order valence-corrected chi connectivity index (χ0v) is 15.2. The number of carbonyl (C=O) groups excluding carboxylic acids is 1. The number of aryl methyl sites for hydroxylation is 1. The number of H-pyrrole nitrogens is 1. The van der Waals surface area contributed by atoms with Crippen LogP contribution in [0.3, 0.4) is 0 Å². The van der Waals surface area contributed by atoms with E-state index in [1.807, 2.05) is 43.3 Å². The van der Waals surface area contributed by atoms with Crippen molar-refractivity contribution in [1.29, 1.82) is 0 Å². The van der Waals surface area contributed by atoms with Gasteiger partial charge in [-0.05, 0) is 37.0 Å². The highest BCUT2D eigenvalue weighted by molar-refractivity contribution is 5.95. The Balaban J connectivity index is 1.51.